The van der Waals surface area contributed by atoms with Crippen LogP contribution in [0.2, 0.25) is 0 Å². The third-order valence-electron chi connectivity index (χ3n) is 7.35. The van der Waals surface area contributed by atoms with E-state index in [1.807, 2.05) is 7.05 Å². The summed E-state index contributed by atoms with van der Waals surface area (Å²) in [5.41, 5.74) is -0.716. The van der Waals surface area contributed by atoms with Crippen LogP contribution in [-0.4, -0.2) is 96.4 Å². The first-order chi connectivity index (χ1) is 21.7. The van der Waals surface area contributed by atoms with E-state index in [0.717, 1.165) is 13.1 Å². The average molecular weight is 713 g/mol. The molecule has 0 radical (unpaired) electrons. The molecule has 2 atom stereocenters. The van der Waals surface area contributed by atoms with Crippen molar-refractivity contribution in [3.8, 4) is 10.6 Å². The topological polar surface area (TPSA) is 170 Å². The van der Waals surface area contributed by atoms with E-state index >= 15 is 0 Å². The lowest BCUT2D eigenvalue weighted by Gasteiger charge is -2.32. The molecule has 5 rings (SSSR count). The van der Waals surface area contributed by atoms with Crippen LogP contribution in [-0.2, 0) is 37.0 Å². The first-order valence-corrected chi connectivity index (χ1v) is 15.8. The maximum atomic E-state index is 13.1. The van der Waals surface area contributed by atoms with E-state index < -0.39 is 51.5 Å². The molecule has 3 heterocycles. The minimum Gasteiger partial charge on any atom is -0.480 e. The van der Waals surface area contributed by atoms with Gasteiger partial charge in [0.05, 0.1) is 11.3 Å². The van der Waals surface area contributed by atoms with Crippen molar-refractivity contribution in [2.45, 2.75) is 40.9 Å². The largest absolute Gasteiger partial charge is 0.490 e. The molecule has 1 saturated heterocycles. The summed E-state index contributed by atoms with van der Waals surface area (Å²) in [6.07, 6.45) is -9.69. The summed E-state index contributed by atoms with van der Waals surface area (Å²) in [5, 5.41) is 20.5. The smallest absolute Gasteiger partial charge is 0.480 e. The van der Waals surface area contributed by atoms with Crippen LogP contribution in [0.15, 0.2) is 51.2 Å². The van der Waals surface area contributed by atoms with Crippen molar-refractivity contribution < 1.29 is 63.9 Å². The summed E-state index contributed by atoms with van der Waals surface area (Å²) >= 11 is 0.639. The van der Waals surface area contributed by atoms with Crippen LogP contribution in [0, 0.1) is 0 Å². The van der Waals surface area contributed by atoms with Crippen LogP contribution in [0.1, 0.15) is 29.2 Å². The monoisotopic (exact) mass is 712 g/mol. The minimum absolute atomic E-state index is 0.00607. The molecule has 2 unspecified atom stereocenters. The third kappa shape index (κ3) is 8.48. The van der Waals surface area contributed by atoms with Crippen molar-refractivity contribution in [2.75, 3.05) is 33.2 Å². The summed E-state index contributed by atoms with van der Waals surface area (Å²) in [6.45, 7) is 2.83. The van der Waals surface area contributed by atoms with Crippen molar-refractivity contribution >= 4 is 39.2 Å². The molecule has 1 amide bonds. The van der Waals surface area contributed by atoms with Crippen LogP contribution in [0.5, 0.6) is 0 Å². The standard InChI is InChI=1S/C25H25F3N4O6S2.C2HF3O2/c1-31-7-9-32(10-8-31)21(33)12-15-3-2-4-16(11-15)17-14-24(17,23(34)35)30-40(36,37)22-6-5-19(39-22)18-13-20(38-29-18)25(26,27)28;3-2(4,5)1(6)7/h2-6,11,13,17,30H,7-10,12,14H2,1H3,(H,34,35);(H,6,7). The van der Waals surface area contributed by atoms with E-state index in [1.54, 1.807) is 29.2 Å². The average Bonchev–Trinajstić information content (AvgIpc) is 3.30. The number of nitrogens with one attached hydrogen (secondary N) is 1. The molecule has 0 bridgehead atoms. The molecule has 0 spiro atoms. The molecule has 3 aromatic rings. The summed E-state index contributed by atoms with van der Waals surface area (Å²) in [7, 11) is -2.36. The van der Waals surface area contributed by atoms with Gasteiger partial charge in [0.1, 0.15) is 15.4 Å². The first kappa shape index (κ1) is 35.8. The number of piperazine rings is 1. The molecule has 2 aliphatic rings. The Hall–Kier alpha value is -4.01. The molecule has 1 aliphatic heterocycles. The maximum absolute atomic E-state index is 13.1. The van der Waals surface area contributed by atoms with Gasteiger partial charge in [-0.3, -0.25) is 9.59 Å². The Morgan fingerprint density at radius 1 is 1.04 bits per heavy atom. The number of nitrogens with zero attached hydrogens (tertiary/aromatic N) is 3. The van der Waals surface area contributed by atoms with Crippen LogP contribution >= 0.6 is 11.3 Å². The van der Waals surface area contributed by atoms with Crippen molar-refractivity contribution in [3.63, 3.8) is 0 Å². The first-order valence-electron chi connectivity index (χ1n) is 13.5. The van der Waals surface area contributed by atoms with E-state index in [4.69, 9.17) is 9.90 Å². The Labute approximate surface area is 266 Å². The van der Waals surface area contributed by atoms with E-state index in [0.29, 0.717) is 41.6 Å². The number of hydrogen-bond donors (Lipinski definition) is 3. The molecule has 1 saturated carbocycles. The Balaban J connectivity index is 0.000000644. The van der Waals surface area contributed by atoms with Gasteiger partial charge in [0.2, 0.25) is 11.7 Å². The van der Waals surface area contributed by atoms with Crippen LogP contribution < -0.4 is 4.72 Å². The van der Waals surface area contributed by atoms with Gasteiger partial charge in [0.25, 0.3) is 10.0 Å². The third-order valence-corrected chi connectivity index (χ3v) is 10.5. The predicted molar refractivity (Wildman–Crippen MR) is 151 cm³/mol. The Bertz CT molecular complexity index is 1750. The van der Waals surface area contributed by atoms with Gasteiger partial charge >= 0.3 is 24.3 Å². The summed E-state index contributed by atoms with van der Waals surface area (Å²) in [5.74, 6) is -6.15. The van der Waals surface area contributed by atoms with Gasteiger partial charge in [-0.1, -0.05) is 29.4 Å². The van der Waals surface area contributed by atoms with Gasteiger partial charge in [-0.15, -0.1) is 11.3 Å². The van der Waals surface area contributed by atoms with Crippen molar-refractivity contribution in [3.05, 3.63) is 59.4 Å². The number of aliphatic carboxylic acids is 2. The molecule has 1 aliphatic carbocycles. The Morgan fingerprint density at radius 2 is 1.68 bits per heavy atom. The second-order valence-electron chi connectivity index (χ2n) is 10.7. The summed E-state index contributed by atoms with van der Waals surface area (Å²) in [6, 6.07) is 10.0. The lowest BCUT2D eigenvalue weighted by atomic mass is 10.0. The number of carboxylic acids is 2. The molecular weight excluding hydrogens is 686 g/mol. The zero-order chi connectivity index (χ0) is 34.9. The normalized spacial score (nSPS) is 20.3. The van der Waals surface area contributed by atoms with Gasteiger partial charge in [-0.2, -0.15) is 31.1 Å². The van der Waals surface area contributed by atoms with Crippen molar-refractivity contribution in [1.82, 2.24) is 19.7 Å². The molecule has 256 valence electrons. The number of aromatic nitrogens is 1. The summed E-state index contributed by atoms with van der Waals surface area (Å²) < 4.78 is 103. The second kappa shape index (κ2) is 13.2. The maximum Gasteiger partial charge on any atom is 0.490 e. The number of carboxylic acid groups (broad SMARTS) is 2. The fourth-order valence-corrected chi connectivity index (χ4v) is 7.40. The Morgan fingerprint density at radius 3 is 2.23 bits per heavy atom. The van der Waals surface area contributed by atoms with Crippen LogP contribution in [0.25, 0.3) is 10.6 Å². The molecule has 1 aromatic carbocycles. The number of carbonyl (C=O) groups is 3. The van der Waals surface area contributed by atoms with Crippen LogP contribution in [0.4, 0.5) is 26.3 Å². The lowest BCUT2D eigenvalue weighted by molar-refractivity contribution is -0.192. The fraction of sp³-hybridized carbons (Fsp3) is 0.407. The molecule has 2 fully saturated rings. The Kier molecular flexibility index (Phi) is 10.1. The molecule has 2 aromatic heterocycles. The number of hydrogen-bond acceptors (Lipinski definition) is 9. The predicted octanol–water partition coefficient (Wildman–Crippen LogP) is 3.66. The van der Waals surface area contributed by atoms with Gasteiger partial charge in [-0.05, 0) is 36.7 Å². The van der Waals surface area contributed by atoms with E-state index in [-0.39, 0.29) is 33.5 Å². The lowest BCUT2D eigenvalue weighted by Crippen LogP contribution is -2.47. The minimum atomic E-state index is -5.08. The SMILES string of the molecule is CN1CCN(C(=O)Cc2cccc(C3CC3(NS(=O)(=O)c3ccc(-c4cc(C(F)(F)F)on4)s3)C(=O)O)c2)CC1.O=C(O)C(F)(F)F. The number of sulfonamides is 1. The molecular formula is C27H26F6N4O8S2. The summed E-state index contributed by atoms with van der Waals surface area (Å²) in [4.78, 5) is 38.0. The fourth-order valence-electron chi connectivity index (χ4n) is 4.74. The van der Waals surface area contributed by atoms with E-state index in [2.05, 4.69) is 19.3 Å². The zero-order valence-corrected chi connectivity index (χ0v) is 25.8. The highest BCUT2D eigenvalue weighted by Gasteiger charge is 2.63. The number of alkyl halides is 6. The van der Waals surface area contributed by atoms with Gasteiger partial charge in [0.15, 0.2) is 0 Å². The number of benzene rings is 1. The van der Waals surface area contributed by atoms with E-state index in [1.165, 1.54) is 12.1 Å². The molecule has 3 N–H and O–H groups in total. The van der Waals surface area contributed by atoms with Crippen molar-refractivity contribution in [2.24, 2.45) is 0 Å². The van der Waals surface area contributed by atoms with Gasteiger partial charge in [-0.25, -0.2) is 13.2 Å². The highest BCUT2D eigenvalue weighted by atomic mass is 32.2. The molecule has 12 nitrogen and oxygen atoms in total. The highest BCUT2D eigenvalue weighted by molar-refractivity contribution is 7.91. The number of thiophene rings is 1. The molecule has 47 heavy (non-hydrogen) atoms. The van der Waals surface area contributed by atoms with Gasteiger partial charge in [0, 0.05) is 38.2 Å². The van der Waals surface area contributed by atoms with E-state index in [9.17, 15) is 49.5 Å². The number of carbonyl (C=O) groups excluding carboxylic acids is 1. The number of amides is 1. The zero-order valence-electron chi connectivity index (χ0n) is 24.1. The second-order valence-corrected chi connectivity index (χ2v) is 13.7. The highest BCUT2D eigenvalue weighted by Crippen LogP contribution is 2.53. The van der Waals surface area contributed by atoms with Crippen molar-refractivity contribution in [1.29, 1.82) is 0 Å². The number of likely N-dealkylation sites (N-methyl/N-ethyl adjacent to an activating group) is 1. The molecule has 20 heteroatoms. The van der Waals surface area contributed by atoms with Gasteiger partial charge < -0.3 is 24.5 Å². The quantitative estimate of drug-likeness (QED) is 0.293. The number of rotatable bonds is 8. The van der Waals surface area contributed by atoms with Crippen LogP contribution in [0.3, 0.4) is 0 Å². The number of halogens is 6.